The molecule has 0 saturated carbocycles. The van der Waals surface area contributed by atoms with Gasteiger partial charge in [0.25, 0.3) is 0 Å². The average molecular weight is 421 g/mol. The molecule has 1 aliphatic heterocycles. The molecule has 3 heterocycles. The molecule has 0 aromatic carbocycles. The zero-order valence-corrected chi connectivity index (χ0v) is 16.7. The van der Waals surface area contributed by atoms with Gasteiger partial charge >= 0.3 is 6.03 Å². The molecule has 7 heteroatoms. The Kier molecular flexibility index (Phi) is 6.55. The van der Waals surface area contributed by atoms with E-state index < -0.39 is 0 Å². The van der Waals surface area contributed by atoms with E-state index in [4.69, 9.17) is 4.42 Å². The summed E-state index contributed by atoms with van der Waals surface area (Å²) in [7, 11) is 1.74. The molecule has 2 aromatic heterocycles. The summed E-state index contributed by atoms with van der Waals surface area (Å²) in [5.41, 5.74) is 0.992. The molecular formula is C19H25BrN4O2. The summed E-state index contributed by atoms with van der Waals surface area (Å²) >= 11 is 3.26. The smallest absolute Gasteiger partial charge is 0.317 e. The van der Waals surface area contributed by atoms with Gasteiger partial charge in [-0.3, -0.25) is 0 Å². The average Bonchev–Trinajstić information content (AvgIpc) is 2.89. The summed E-state index contributed by atoms with van der Waals surface area (Å²) < 4.78 is 6.09. The minimum atomic E-state index is -0.144. The Bertz CT molecular complexity index is 709. The van der Waals surface area contributed by atoms with Gasteiger partial charge in [0.1, 0.15) is 11.6 Å². The third kappa shape index (κ3) is 5.24. The van der Waals surface area contributed by atoms with Crippen LogP contribution in [0.2, 0.25) is 0 Å². The lowest BCUT2D eigenvalue weighted by molar-refractivity contribution is 0.202. The summed E-state index contributed by atoms with van der Waals surface area (Å²) in [6.07, 6.45) is 6.94. The first-order valence-corrected chi connectivity index (χ1v) is 9.84. The number of anilines is 1. The molecule has 1 saturated heterocycles. The van der Waals surface area contributed by atoms with Crippen molar-refractivity contribution in [1.29, 1.82) is 0 Å². The Morgan fingerprint density at radius 2 is 2.00 bits per heavy atom. The first-order valence-electron chi connectivity index (χ1n) is 9.05. The molecule has 1 aliphatic rings. The van der Waals surface area contributed by atoms with Crippen molar-refractivity contribution in [3.8, 4) is 0 Å². The largest absolute Gasteiger partial charge is 0.452 e. The van der Waals surface area contributed by atoms with Crippen LogP contribution in [0.3, 0.4) is 0 Å². The van der Waals surface area contributed by atoms with Gasteiger partial charge in [-0.05, 0) is 52.5 Å². The molecule has 26 heavy (non-hydrogen) atoms. The third-order valence-electron chi connectivity index (χ3n) is 4.55. The van der Waals surface area contributed by atoms with Crippen LogP contribution in [-0.4, -0.2) is 36.1 Å². The van der Waals surface area contributed by atoms with E-state index in [0.717, 1.165) is 30.2 Å². The van der Waals surface area contributed by atoms with Crippen LogP contribution in [0.15, 0.2) is 39.5 Å². The molecule has 2 aromatic rings. The molecule has 1 fully saturated rings. The van der Waals surface area contributed by atoms with Crippen molar-refractivity contribution in [3.63, 3.8) is 0 Å². The number of furan rings is 1. The first-order chi connectivity index (χ1) is 12.6. The fourth-order valence-electron chi connectivity index (χ4n) is 3.06. The molecule has 0 radical (unpaired) electrons. The molecular weight excluding hydrogens is 396 g/mol. The van der Waals surface area contributed by atoms with E-state index in [1.165, 1.54) is 25.7 Å². The van der Waals surface area contributed by atoms with Crippen molar-refractivity contribution in [3.05, 3.63) is 46.5 Å². The maximum absolute atomic E-state index is 12.2. The topological polar surface area (TPSA) is 61.6 Å². The lowest BCUT2D eigenvalue weighted by Crippen LogP contribution is -2.36. The van der Waals surface area contributed by atoms with Crippen LogP contribution < -0.4 is 10.2 Å². The quantitative estimate of drug-likeness (QED) is 0.788. The molecule has 0 unspecified atom stereocenters. The van der Waals surface area contributed by atoms with Crippen molar-refractivity contribution < 1.29 is 9.21 Å². The number of amides is 2. The van der Waals surface area contributed by atoms with Gasteiger partial charge < -0.3 is 19.5 Å². The molecule has 0 bridgehead atoms. The number of urea groups is 1. The molecule has 1 N–H and O–H groups in total. The lowest BCUT2D eigenvalue weighted by atomic mass is 10.2. The van der Waals surface area contributed by atoms with E-state index >= 15 is 0 Å². The van der Waals surface area contributed by atoms with Crippen molar-refractivity contribution in [2.75, 3.05) is 25.0 Å². The Morgan fingerprint density at radius 1 is 1.23 bits per heavy atom. The number of hydrogen-bond acceptors (Lipinski definition) is 4. The number of carbonyl (C=O) groups excluding carboxylic acids is 1. The minimum absolute atomic E-state index is 0.144. The number of rotatable bonds is 5. The van der Waals surface area contributed by atoms with Crippen LogP contribution in [-0.2, 0) is 13.1 Å². The van der Waals surface area contributed by atoms with E-state index in [9.17, 15) is 4.79 Å². The summed E-state index contributed by atoms with van der Waals surface area (Å²) in [4.78, 5) is 20.7. The second kappa shape index (κ2) is 9.07. The van der Waals surface area contributed by atoms with Crippen LogP contribution in [0.4, 0.5) is 10.6 Å². The Balaban J connectivity index is 1.48. The number of carbonyl (C=O) groups is 1. The van der Waals surface area contributed by atoms with Crippen molar-refractivity contribution in [1.82, 2.24) is 15.2 Å². The highest BCUT2D eigenvalue weighted by molar-refractivity contribution is 9.10. The number of nitrogens with zero attached hydrogens (tertiary/aromatic N) is 3. The van der Waals surface area contributed by atoms with Gasteiger partial charge in [0, 0.05) is 32.9 Å². The van der Waals surface area contributed by atoms with Crippen LogP contribution in [0.25, 0.3) is 0 Å². The summed E-state index contributed by atoms with van der Waals surface area (Å²) in [6, 6.07) is 7.61. The van der Waals surface area contributed by atoms with Gasteiger partial charge in [0.2, 0.25) is 0 Å². The monoisotopic (exact) mass is 420 g/mol. The molecule has 0 spiro atoms. The molecule has 140 valence electrons. The molecule has 0 aliphatic carbocycles. The number of hydrogen-bond donors (Lipinski definition) is 1. The summed E-state index contributed by atoms with van der Waals surface area (Å²) in [5.74, 6) is 1.76. The minimum Gasteiger partial charge on any atom is -0.452 e. The maximum Gasteiger partial charge on any atom is 0.317 e. The number of aromatic nitrogens is 1. The van der Waals surface area contributed by atoms with Crippen molar-refractivity contribution >= 4 is 27.8 Å². The Hall–Kier alpha value is -2.02. The van der Waals surface area contributed by atoms with Gasteiger partial charge in [-0.2, -0.15) is 0 Å². The standard InChI is InChI=1S/C19H25BrN4O2/c1-23(14-16-7-8-17(20)26-16)19(25)22-13-15-6-9-18(21-12-15)24-10-4-2-3-5-11-24/h6-9,12H,2-5,10-11,13-14H2,1H3,(H,22,25). The van der Waals surface area contributed by atoms with Crippen molar-refractivity contribution in [2.45, 2.75) is 38.8 Å². The predicted molar refractivity (Wildman–Crippen MR) is 105 cm³/mol. The van der Waals surface area contributed by atoms with Gasteiger partial charge in [-0.25, -0.2) is 9.78 Å². The number of halogens is 1. The highest BCUT2D eigenvalue weighted by atomic mass is 79.9. The fourth-order valence-corrected chi connectivity index (χ4v) is 3.40. The predicted octanol–water partition coefficient (Wildman–Crippen LogP) is 4.16. The molecule has 2 amide bonds. The van der Waals surface area contributed by atoms with Crippen molar-refractivity contribution in [2.24, 2.45) is 0 Å². The van der Waals surface area contributed by atoms with Crippen LogP contribution >= 0.6 is 15.9 Å². The van der Waals surface area contributed by atoms with E-state index in [0.29, 0.717) is 17.8 Å². The zero-order chi connectivity index (χ0) is 18.4. The van der Waals surface area contributed by atoms with Gasteiger partial charge in [0.05, 0.1) is 6.54 Å². The summed E-state index contributed by atoms with van der Waals surface area (Å²) in [5, 5.41) is 2.91. The summed E-state index contributed by atoms with van der Waals surface area (Å²) in [6.45, 7) is 3.04. The highest BCUT2D eigenvalue weighted by Gasteiger charge is 2.13. The van der Waals surface area contributed by atoms with E-state index in [2.05, 4.69) is 37.2 Å². The SMILES string of the molecule is CN(Cc1ccc(Br)o1)C(=O)NCc1ccc(N2CCCCCC2)nc1. The Labute approximate surface area is 162 Å². The van der Waals surface area contributed by atoms with Crippen LogP contribution in [0.5, 0.6) is 0 Å². The van der Waals surface area contributed by atoms with Gasteiger partial charge in [0.15, 0.2) is 4.67 Å². The number of pyridine rings is 1. The molecule has 6 nitrogen and oxygen atoms in total. The fraction of sp³-hybridized carbons (Fsp3) is 0.474. The normalized spacial score (nSPS) is 14.8. The zero-order valence-electron chi connectivity index (χ0n) is 15.1. The lowest BCUT2D eigenvalue weighted by Gasteiger charge is -2.21. The van der Waals surface area contributed by atoms with E-state index in [-0.39, 0.29) is 6.03 Å². The van der Waals surface area contributed by atoms with E-state index in [1.54, 1.807) is 11.9 Å². The second-order valence-electron chi connectivity index (χ2n) is 6.65. The number of nitrogens with one attached hydrogen (secondary N) is 1. The maximum atomic E-state index is 12.2. The van der Waals surface area contributed by atoms with Gasteiger partial charge in [-0.15, -0.1) is 0 Å². The van der Waals surface area contributed by atoms with Crippen LogP contribution in [0.1, 0.15) is 37.0 Å². The highest BCUT2D eigenvalue weighted by Crippen LogP contribution is 2.18. The van der Waals surface area contributed by atoms with E-state index in [1.807, 2.05) is 24.4 Å². The first kappa shape index (κ1) is 18.8. The van der Waals surface area contributed by atoms with Gasteiger partial charge in [-0.1, -0.05) is 18.9 Å². The molecule has 3 rings (SSSR count). The third-order valence-corrected chi connectivity index (χ3v) is 4.98. The molecule has 0 atom stereocenters. The van der Waals surface area contributed by atoms with Crippen LogP contribution in [0, 0.1) is 0 Å². The second-order valence-corrected chi connectivity index (χ2v) is 7.43. The Morgan fingerprint density at radius 3 is 2.62 bits per heavy atom.